The van der Waals surface area contributed by atoms with Gasteiger partial charge in [-0.15, -0.1) is 0 Å². The Morgan fingerprint density at radius 2 is 1.94 bits per heavy atom. The van der Waals surface area contributed by atoms with E-state index >= 15 is 0 Å². The molecule has 0 aromatic heterocycles. The van der Waals surface area contributed by atoms with Crippen LogP contribution in [0.3, 0.4) is 0 Å². The molecule has 1 atom stereocenters. The van der Waals surface area contributed by atoms with Crippen LogP contribution in [0.15, 0.2) is 29.2 Å². The third kappa shape index (κ3) is 2.84. The number of sulfone groups is 1. The number of hydrogen-bond donors (Lipinski definition) is 0. The summed E-state index contributed by atoms with van der Waals surface area (Å²) >= 11 is 0. The van der Waals surface area contributed by atoms with Crippen LogP contribution in [0.25, 0.3) is 0 Å². The number of nitrogens with zero attached hydrogens (tertiary/aromatic N) is 2. The van der Waals surface area contributed by atoms with Gasteiger partial charge in [0.05, 0.1) is 27.6 Å². The molecule has 1 aromatic carbocycles. The lowest BCUT2D eigenvalue weighted by Crippen LogP contribution is -2.20. The van der Waals surface area contributed by atoms with Gasteiger partial charge in [0.1, 0.15) is 0 Å². The molecule has 7 heteroatoms. The Kier molecular flexibility index (Phi) is 4.39. The Morgan fingerprint density at radius 1 is 1.39 bits per heavy atom. The maximum absolute atomic E-state index is 12.1. The molecule has 0 spiro atoms. The van der Waals surface area contributed by atoms with Crippen molar-refractivity contribution in [1.82, 2.24) is 0 Å². The molecule has 0 aliphatic rings. The molecule has 6 nitrogen and oxygen atoms in total. The van der Waals surface area contributed by atoms with Gasteiger partial charge in [-0.05, 0) is 18.6 Å². The molecule has 0 radical (unpaired) electrons. The van der Waals surface area contributed by atoms with Gasteiger partial charge in [0.2, 0.25) is 0 Å². The second-order valence-electron chi connectivity index (χ2n) is 3.69. The molecule has 1 unspecified atom stereocenters. The van der Waals surface area contributed by atoms with Crippen LogP contribution in [0.2, 0.25) is 0 Å². The van der Waals surface area contributed by atoms with Crippen LogP contribution >= 0.6 is 0 Å². The molecular formula is C11H12N2O4S. The summed E-state index contributed by atoms with van der Waals surface area (Å²) in [6, 6.07) is 6.53. The van der Waals surface area contributed by atoms with E-state index in [9.17, 15) is 18.5 Å². The quantitative estimate of drug-likeness (QED) is 0.600. The SMILES string of the molecule is CCC(CC#N)S(=O)(=O)c1ccc([N+](=O)[O-])cc1. The summed E-state index contributed by atoms with van der Waals surface area (Å²) in [7, 11) is -3.60. The highest BCUT2D eigenvalue weighted by Gasteiger charge is 2.26. The van der Waals surface area contributed by atoms with Gasteiger partial charge in [-0.25, -0.2) is 8.42 Å². The number of nitro benzene ring substituents is 1. The van der Waals surface area contributed by atoms with E-state index in [1.165, 1.54) is 12.1 Å². The summed E-state index contributed by atoms with van der Waals surface area (Å²) in [5, 5.41) is 18.3. The van der Waals surface area contributed by atoms with Crippen molar-refractivity contribution in [2.24, 2.45) is 0 Å². The van der Waals surface area contributed by atoms with E-state index < -0.39 is 20.0 Å². The predicted octanol–water partition coefficient (Wildman–Crippen LogP) is 2.06. The van der Waals surface area contributed by atoms with Crippen molar-refractivity contribution >= 4 is 15.5 Å². The molecule has 1 aromatic rings. The first kappa shape index (κ1) is 14.1. The number of benzene rings is 1. The normalized spacial score (nSPS) is 12.7. The average Bonchev–Trinajstić information content (AvgIpc) is 2.35. The largest absolute Gasteiger partial charge is 0.269 e. The minimum Gasteiger partial charge on any atom is -0.258 e. The lowest BCUT2D eigenvalue weighted by molar-refractivity contribution is -0.384. The van der Waals surface area contributed by atoms with Gasteiger partial charge in [-0.1, -0.05) is 6.92 Å². The zero-order valence-electron chi connectivity index (χ0n) is 9.74. The number of hydrogen-bond acceptors (Lipinski definition) is 5. The van der Waals surface area contributed by atoms with Gasteiger partial charge in [0, 0.05) is 12.1 Å². The Balaban J connectivity index is 3.13. The molecule has 0 amide bonds. The third-order valence-corrected chi connectivity index (χ3v) is 4.90. The van der Waals surface area contributed by atoms with Gasteiger partial charge in [0.15, 0.2) is 9.84 Å². The van der Waals surface area contributed by atoms with Crippen molar-refractivity contribution in [3.05, 3.63) is 34.4 Å². The van der Waals surface area contributed by atoms with Gasteiger partial charge >= 0.3 is 0 Å². The molecule has 0 saturated heterocycles. The van der Waals surface area contributed by atoms with Crippen LogP contribution in [-0.4, -0.2) is 18.6 Å². The predicted molar refractivity (Wildman–Crippen MR) is 64.6 cm³/mol. The molecule has 0 aliphatic carbocycles. The summed E-state index contributed by atoms with van der Waals surface area (Å²) in [6.07, 6.45) is 0.239. The second-order valence-corrected chi connectivity index (χ2v) is 5.92. The van der Waals surface area contributed by atoms with E-state index in [0.29, 0.717) is 6.42 Å². The summed E-state index contributed by atoms with van der Waals surface area (Å²) in [5.41, 5.74) is -0.165. The van der Waals surface area contributed by atoms with E-state index in [4.69, 9.17) is 5.26 Å². The third-order valence-electron chi connectivity index (χ3n) is 2.59. The van der Waals surface area contributed by atoms with Crippen molar-refractivity contribution < 1.29 is 13.3 Å². The van der Waals surface area contributed by atoms with Crippen LogP contribution in [0.5, 0.6) is 0 Å². The average molecular weight is 268 g/mol. The van der Waals surface area contributed by atoms with Gasteiger partial charge in [-0.2, -0.15) is 5.26 Å². The van der Waals surface area contributed by atoms with Gasteiger partial charge in [0.25, 0.3) is 5.69 Å². The maximum Gasteiger partial charge on any atom is 0.269 e. The van der Waals surface area contributed by atoms with Crippen molar-refractivity contribution in [1.29, 1.82) is 5.26 Å². The lowest BCUT2D eigenvalue weighted by Gasteiger charge is -2.12. The highest BCUT2D eigenvalue weighted by molar-refractivity contribution is 7.92. The highest BCUT2D eigenvalue weighted by Crippen LogP contribution is 2.22. The van der Waals surface area contributed by atoms with Crippen LogP contribution in [0.1, 0.15) is 19.8 Å². The topological polar surface area (TPSA) is 101 Å². The fourth-order valence-electron chi connectivity index (χ4n) is 1.53. The fourth-order valence-corrected chi connectivity index (χ4v) is 3.16. The molecule has 0 N–H and O–H groups in total. The number of nitro groups is 1. The molecular weight excluding hydrogens is 256 g/mol. The molecule has 18 heavy (non-hydrogen) atoms. The van der Waals surface area contributed by atoms with E-state index in [1.54, 1.807) is 6.92 Å². The molecule has 1 rings (SSSR count). The van der Waals surface area contributed by atoms with E-state index in [1.807, 2.05) is 6.07 Å². The minimum absolute atomic E-state index is 0.00944. The standard InChI is InChI=1S/C11H12N2O4S/c1-2-10(7-8-12)18(16,17)11-5-3-9(4-6-11)13(14)15/h3-6,10H,2,7H2,1H3. The molecule has 96 valence electrons. The number of non-ortho nitro benzene ring substituents is 1. The van der Waals surface area contributed by atoms with Crippen LogP contribution in [0, 0.1) is 21.4 Å². The van der Waals surface area contributed by atoms with Crippen LogP contribution in [-0.2, 0) is 9.84 Å². The Morgan fingerprint density at radius 3 is 2.33 bits per heavy atom. The fraction of sp³-hybridized carbons (Fsp3) is 0.364. The zero-order valence-corrected chi connectivity index (χ0v) is 10.6. The second kappa shape index (κ2) is 5.60. The Labute approximate surface area is 105 Å². The van der Waals surface area contributed by atoms with Gasteiger partial charge < -0.3 is 0 Å². The Hall–Kier alpha value is -1.94. The summed E-state index contributed by atoms with van der Waals surface area (Å²) in [6.45, 7) is 1.69. The van der Waals surface area contributed by atoms with E-state index in [0.717, 1.165) is 12.1 Å². The lowest BCUT2D eigenvalue weighted by atomic mass is 10.3. The number of nitriles is 1. The molecule has 0 bridgehead atoms. The van der Waals surface area contributed by atoms with Crippen molar-refractivity contribution in [3.63, 3.8) is 0 Å². The van der Waals surface area contributed by atoms with Crippen molar-refractivity contribution in [3.8, 4) is 6.07 Å². The molecule has 0 aliphatic heterocycles. The summed E-state index contributed by atoms with van der Waals surface area (Å²) < 4.78 is 24.2. The Bertz CT molecular complexity index is 572. The summed E-state index contributed by atoms with van der Waals surface area (Å²) in [4.78, 5) is 9.88. The number of rotatable bonds is 5. The van der Waals surface area contributed by atoms with Crippen LogP contribution < -0.4 is 0 Å². The first-order chi connectivity index (χ1) is 8.43. The van der Waals surface area contributed by atoms with Crippen LogP contribution in [0.4, 0.5) is 5.69 Å². The first-order valence-corrected chi connectivity index (χ1v) is 6.83. The monoisotopic (exact) mass is 268 g/mol. The summed E-state index contributed by atoms with van der Waals surface area (Å²) in [5.74, 6) is 0. The molecule has 0 saturated carbocycles. The van der Waals surface area contributed by atoms with E-state index in [-0.39, 0.29) is 17.0 Å². The minimum atomic E-state index is -3.60. The smallest absolute Gasteiger partial charge is 0.258 e. The van der Waals surface area contributed by atoms with Crippen molar-refractivity contribution in [2.75, 3.05) is 0 Å². The van der Waals surface area contributed by atoms with E-state index in [2.05, 4.69) is 0 Å². The van der Waals surface area contributed by atoms with Gasteiger partial charge in [-0.3, -0.25) is 10.1 Å². The highest BCUT2D eigenvalue weighted by atomic mass is 32.2. The molecule has 0 heterocycles. The van der Waals surface area contributed by atoms with Crippen molar-refractivity contribution in [2.45, 2.75) is 29.9 Å². The first-order valence-electron chi connectivity index (χ1n) is 5.28. The molecule has 0 fully saturated rings. The zero-order chi connectivity index (χ0) is 13.8. The maximum atomic E-state index is 12.1.